The maximum atomic E-state index is 7.64. The molecule has 0 rings (SSSR count). The predicted octanol–water partition coefficient (Wildman–Crippen LogP) is 0.510. The molecule has 0 spiro atoms. The van der Waals surface area contributed by atoms with Crippen molar-refractivity contribution in [3.8, 4) is 6.19 Å². The molecule has 0 radical (unpaired) electrons. The molecule has 0 aromatic rings. The van der Waals surface area contributed by atoms with Crippen LogP contribution in [0.15, 0.2) is 4.99 Å². The maximum absolute atomic E-state index is 7.64. The van der Waals surface area contributed by atoms with Crippen molar-refractivity contribution in [2.75, 3.05) is 0 Å². The zero-order chi connectivity index (χ0) is 7.70. The van der Waals surface area contributed by atoms with Gasteiger partial charge >= 0.3 is 49.4 Å². The summed E-state index contributed by atoms with van der Waals surface area (Å²) in [5.41, 5.74) is 9.42. The molecule has 0 saturated carbocycles. The summed E-state index contributed by atoms with van der Waals surface area (Å²) in [6.45, 7) is 0. The van der Waals surface area contributed by atoms with Gasteiger partial charge in [-0.1, -0.05) is 0 Å². The zero-order valence-electron chi connectivity index (χ0n) is 4.25. The van der Waals surface area contributed by atoms with E-state index in [1.807, 2.05) is 0 Å². The average Bonchev–Trinajstić information content (AvgIpc) is 1.67. The van der Waals surface area contributed by atoms with Crippen molar-refractivity contribution in [2.45, 2.75) is 0 Å². The molecule has 9 heavy (non-hydrogen) atoms. The van der Waals surface area contributed by atoms with Gasteiger partial charge in [-0.25, -0.2) is 0 Å². The van der Waals surface area contributed by atoms with Gasteiger partial charge in [-0.05, 0) is 0 Å². The van der Waals surface area contributed by atoms with Crippen LogP contribution in [-0.2, 0) is 9.47 Å². The van der Waals surface area contributed by atoms with Crippen LogP contribution in [0.4, 0.5) is 0 Å². The van der Waals surface area contributed by atoms with Gasteiger partial charge in [0.1, 0.15) is 0 Å². The second-order valence-electron chi connectivity index (χ2n) is 0.701. The summed E-state index contributed by atoms with van der Waals surface area (Å²) in [6, 6.07) is 0. The Labute approximate surface area is 82.3 Å². The summed E-state index contributed by atoms with van der Waals surface area (Å²) in [4.78, 5) is 2.90. The molecule has 0 aromatic carbocycles. The van der Waals surface area contributed by atoms with E-state index in [0.717, 1.165) is 0 Å². The van der Waals surface area contributed by atoms with Crippen molar-refractivity contribution in [3.63, 3.8) is 0 Å². The van der Waals surface area contributed by atoms with Gasteiger partial charge in [-0.2, -0.15) is 5.26 Å². The molecule has 0 heterocycles. The van der Waals surface area contributed by atoms with E-state index in [0.29, 0.717) is 9.47 Å². The Morgan fingerprint density at radius 2 is 1.89 bits per heavy atom. The first-order valence-corrected chi connectivity index (χ1v) is 10.6. The van der Waals surface area contributed by atoms with E-state index in [1.54, 1.807) is 0 Å². The Kier molecular flexibility index (Phi) is 16.1. The zero-order valence-corrected chi connectivity index (χ0v) is 9.96. The van der Waals surface area contributed by atoms with Gasteiger partial charge < -0.3 is 11.5 Å². The molecule has 0 saturated heterocycles. The molecule has 0 unspecified atom stereocenters. The number of aliphatic imine (C=N–C) groups is 1. The van der Waals surface area contributed by atoms with E-state index < -0.39 is 0 Å². The summed E-state index contributed by atoms with van der Waals surface area (Å²) >= 11 is 4.74. The molecule has 4 N–H and O–H groups in total. The molecular weight excluding hydrogens is 385 g/mol. The van der Waals surface area contributed by atoms with Crippen molar-refractivity contribution < 1.29 is 9.47 Å². The molecule has 0 amide bonds. The Hall–Kier alpha value is 0.804. The van der Waals surface area contributed by atoms with Gasteiger partial charge in [-0.15, -0.1) is 4.99 Å². The summed E-state index contributed by atoms with van der Waals surface area (Å²) < 4.78 is 0. The molecule has 4 nitrogen and oxygen atoms in total. The summed E-state index contributed by atoms with van der Waals surface area (Å²) in [5, 5.41) is 7.64. The Morgan fingerprint density at radius 1 is 1.56 bits per heavy atom. The van der Waals surface area contributed by atoms with E-state index >= 15 is 0 Å². The molecule has 0 aromatic heterocycles. The number of halogens is 2. The fourth-order valence-electron chi connectivity index (χ4n) is 0.0577. The van der Waals surface area contributed by atoms with Crippen molar-refractivity contribution >= 4 is 45.9 Å². The number of rotatable bonds is 0. The van der Waals surface area contributed by atoms with Gasteiger partial charge in [0.2, 0.25) is 12.2 Å². The van der Waals surface area contributed by atoms with Crippen LogP contribution in [0, 0.1) is 11.5 Å². The minimum atomic E-state index is -0.197. The van der Waals surface area contributed by atoms with E-state index in [-0.39, 0.29) is 5.96 Å². The molecule has 0 aliphatic rings. The van der Waals surface area contributed by atoms with Crippen LogP contribution < -0.4 is 11.5 Å². The first-order valence-electron chi connectivity index (χ1n) is 1.59. The summed E-state index contributed by atoms with van der Waals surface area (Å²) in [5.74, 6) is -0.197. The van der Waals surface area contributed by atoms with Crippen LogP contribution in [0.3, 0.4) is 0 Å². The standard InChI is InChI=1S/C2H4N4.2HI.V/c3-1-6-2(4)5;;;/h(H4,4,5,6);2*1H;/q;;;+2/p-2. The monoisotopic (exact) mass is 389 g/mol. The van der Waals surface area contributed by atoms with Crippen LogP contribution >= 0.6 is 40.0 Å². The Bertz CT molecular complexity index is 114. The van der Waals surface area contributed by atoms with Crippen LogP contribution in [-0.4, -0.2) is 5.96 Å². The first kappa shape index (κ1) is 12.5. The quantitative estimate of drug-likeness (QED) is 0.274. The molecule has 0 fully saturated rings. The van der Waals surface area contributed by atoms with Crippen molar-refractivity contribution in [3.05, 3.63) is 0 Å². The van der Waals surface area contributed by atoms with Crippen LogP contribution in [0.1, 0.15) is 0 Å². The average molecular weight is 389 g/mol. The fourth-order valence-corrected chi connectivity index (χ4v) is 0.0577. The van der Waals surface area contributed by atoms with Crippen LogP contribution in [0.25, 0.3) is 0 Å². The number of guanidine groups is 1. The van der Waals surface area contributed by atoms with Crippen LogP contribution in [0.2, 0.25) is 0 Å². The molecule has 0 aliphatic heterocycles. The number of nitrogens with zero attached hydrogens (tertiary/aromatic N) is 2. The van der Waals surface area contributed by atoms with Gasteiger partial charge in [-0.3, -0.25) is 0 Å². The van der Waals surface area contributed by atoms with E-state index in [1.165, 1.54) is 6.19 Å². The number of hydrogen-bond acceptors (Lipinski definition) is 2. The minimum absolute atomic E-state index is 0.197. The number of hydrogen-bond donors (Lipinski definition) is 2. The second kappa shape index (κ2) is 11.6. The SMILES string of the molecule is N#CN=C(N)N.[I][V][I]. The summed E-state index contributed by atoms with van der Waals surface area (Å²) in [7, 11) is 0.628. The Balaban J connectivity index is 0. The van der Waals surface area contributed by atoms with Crippen LogP contribution in [0.5, 0.6) is 0 Å². The van der Waals surface area contributed by atoms with Gasteiger partial charge in [0.25, 0.3) is 0 Å². The molecule has 0 bridgehead atoms. The fraction of sp³-hybridized carbons (Fsp3) is 0. The molecule has 51 valence electrons. The predicted molar refractivity (Wildman–Crippen MR) is 49.5 cm³/mol. The third kappa shape index (κ3) is 28.2. The van der Waals surface area contributed by atoms with Gasteiger partial charge in [0.05, 0.1) is 0 Å². The molecule has 0 aliphatic carbocycles. The summed E-state index contributed by atoms with van der Waals surface area (Å²) in [6.07, 6.45) is 1.41. The van der Waals surface area contributed by atoms with Gasteiger partial charge in [0, 0.05) is 0 Å². The number of nitrogens with two attached hydrogens (primary N) is 2. The topological polar surface area (TPSA) is 88.2 Å². The number of nitriles is 1. The van der Waals surface area contributed by atoms with Gasteiger partial charge in [0.15, 0.2) is 0 Å². The molecule has 7 heteroatoms. The first-order chi connectivity index (χ1) is 4.18. The van der Waals surface area contributed by atoms with Crippen molar-refractivity contribution in [1.29, 1.82) is 5.26 Å². The molecule has 0 atom stereocenters. The third-order valence-electron chi connectivity index (χ3n) is 0.179. The van der Waals surface area contributed by atoms with Crippen molar-refractivity contribution in [2.24, 2.45) is 16.5 Å². The third-order valence-corrected chi connectivity index (χ3v) is 0.179. The van der Waals surface area contributed by atoms with E-state index in [4.69, 9.17) is 16.7 Å². The van der Waals surface area contributed by atoms with E-state index in [9.17, 15) is 0 Å². The van der Waals surface area contributed by atoms with Crippen molar-refractivity contribution in [1.82, 2.24) is 0 Å². The normalized spacial score (nSPS) is 5.44. The molecular formula is C2H4I2N4V. The Morgan fingerprint density at radius 3 is 1.89 bits per heavy atom. The second-order valence-corrected chi connectivity index (χ2v) is 12.5. The van der Waals surface area contributed by atoms with E-state index in [2.05, 4.69) is 45.0 Å².